The number of piperazine rings is 1. The molecule has 1 aromatic rings. The smallest absolute Gasteiger partial charge is 0.236 e. The number of nitrogens with one attached hydrogen (secondary N) is 1. The minimum Gasteiger partial charge on any atom is -0.358 e. The van der Waals surface area contributed by atoms with Crippen LogP contribution in [0.4, 0.5) is 0 Å². The van der Waals surface area contributed by atoms with E-state index in [0.717, 1.165) is 32.7 Å². The molecular weight excluding hydrogens is 326 g/mol. The van der Waals surface area contributed by atoms with E-state index in [2.05, 4.69) is 43.2 Å². The second-order valence-corrected chi connectivity index (χ2v) is 7.36. The average molecular weight is 346 g/mol. The Kier molecular flexibility index (Phi) is 5.38. The van der Waals surface area contributed by atoms with E-state index in [1.807, 2.05) is 6.92 Å². The van der Waals surface area contributed by atoms with E-state index in [0.29, 0.717) is 0 Å². The molecule has 1 aromatic heterocycles. The molecule has 4 nitrogen and oxygen atoms in total. The lowest BCUT2D eigenvalue weighted by molar-refractivity contribution is -0.126. The van der Waals surface area contributed by atoms with Crippen LogP contribution in [0.25, 0.3) is 0 Å². The third kappa shape index (κ3) is 4.02. The summed E-state index contributed by atoms with van der Waals surface area (Å²) in [6.07, 6.45) is 0. The first-order valence-corrected chi connectivity index (χ1v) is 8.13. The molecule has 1 saturated heterocycles. The van der Waals surface area contributed by atoms with Gasteiger partial charge in [0, 0.05) is 44.6 Å². The molecule has 0 aliphatic carbocycles. The predicted octanol–water partition coefficient (Wildman–Crippen LogP) is 1.76. The van der Waals surface area contributed by atoms with Crippen LogP contribution in [0.15, 0.2) is 15.9 Å². The van der Waals surface area contributed by atoms with E-state index < -0.39 is 0 Å². The van der Waals surface area contributed by atoms with Crippen LogP contribution >= 0.6 is 27.3 Å². The molecular formula is C13H20BrN3OS. The molecule has 1 fully saturated rings. The topological polar surface area (TPSA) is 35.6 Å². The Bertz CT molecular complexity index is 429. The lowest BCUT2D eigenvalue weighted by Gasteiger charge is -2.37. The number of hydrogen-bond donors (Lipinski definition) is 1. The molecule has 2 heterocycles. The third-order valence-corrected chi connectivity index (χ3v) is 5.20. The molecule has 1 amide bonds. The maximum Gasteiger partial charge on any atom is 0.236 e. The van der Waals surface area contributed by atoms with Crippen molar-refractivity contribution < 1.29 is 4.79 Å². The number of carbonyl (C=O) groups is 1. The van der Waals surface area contributed by atoms with Gasteiger partial charge in [-0.15, -0.1) is 11.3 Å². The van der Waals surface area contributed by atoms with E-state index in [-0.39, 0.29) is 11.9 Å². The Morgan fingerprint density at radius 2 is 2.11 bits per heavy atom. The number of halogens is 1. The highest BCUT2D eigenvalue weighted by Gasteiger charge is 2.24. The fourth-order valence-electron chi connectivity index (χ4n) is 2.34. The molecule has 1 aliphatic heterocycles. The van der Waals surface area contributed by atoms with Crippen LogP contribution in [0.5, 0.6) is 0 Å². The summed E-state index contributed by atoms with van der Waals surface area (Å²) in [4.78, 5) is 17.7. The van der Waals surface area contributed by atoms with Gasteiger partial charge < -0.3 is 5.32 Å². The largest absolute Gasteiger partial charge is 0.358 e. The molecule has 0 bridgehead atoms. The van der Waals surface area contributed by atoms with Crippen molar-refractivity contribution in [3.8, 4) is 0 Å². The van der Waals surface area contributed by atoms with Crippen molar-refractivity contribution in [3.05, 3.63) is 20.8 Å². The van der Waals surface area contributed by atoms with Gasteiger partial charge in [0.2, 0.25) is 5.91 Å². The zero-order valence-electron chi connectivity index (χ0n) is 11.4. The van der Waals surface area contributed by atoms with Crippen LogP contribution in [-0.4, -0.2) is 55.0 Å². The lowest BCUT2D eigenvalue weighted by atomic mass is 10.2. The van der Waals surface area contributed by atoms with E-state index in [1.165, 1.54) is 8.66 Å². The Hall–Kier alpha value is -0.430. The van der Waals surface area contributed by atoms with Crippen molar-refractivity contribution in [2.45, 2.75) is 19.5 Å². The van der Waals surface area contributed by atoms with Crippen LogP contribution in [0.3, 0.4) is 0 Å². The second-order valence-electron chi connectivity index (χ2n) is 4.81. The molecule has 0 radical (unpaired) electrons. The Labute approximate surface area is 126 Å². The minimum atomic E-state index is -0.0250. The molecule has 1 aliphatic rings. The fourth-order valence-corrected chi connectivity index (χ4v) is 3.87. The van der Waals surface area contributed by atoms with E-state index in [1.54, 1.807) is 18.4 Å². The van der Waals surface area contributed by atoms with Gasteiger partial charge >= 0.3 is 0 Å². The first kappa shape index (κ1) is 15.0. The summed E-state index contributed by atoms with van der Waals surface area (Å²) in [5.41, 5.74) is 0. The lowest BCUT2D eigenvalue weighted by Crippen LogP contribution is -2.53. The summed E-state index contributed by atoms with van der Waals surface area (Å²) >= 11 is 5.29. The average Bonchev–Trinajstić information content (AvgIpc) is 2.83. The number of thiophene rings is 1. The third-order valence-electron chi connectivity index (χ3n) is 3.59. The van der Waals surface area contributed by atoms with Crippen molar-refractivity contribution in [1.29, 1.82) is 0 Å². The Morgan fingerprint density at radius 1 is 1.42 bits per heavy atom. The molecule has 6 heteroatoms. The minimum absolute atomic E-state index is 0.0250. The summed E-state index contributed by atoms with van der Waals surface area (Å²) in [7, 11) is 1.70. The molecule has 106 valence electrons. The molecule has 0 saturated carbocycles. The van der Waals surface area contributed by atoms with Gasteiger partial charge in [-0.1, -0.05) is 0 Å². The van der Waals surface area contributed by atoms with Gasteiger partial charge in [0.1, 0.15) is 0 Å². The fraction of sp³-hybridized carbons (Fsp3) is 0.615. The Balaban J connectivity index is 1.80. The van der Waals surface area contributed by atoms with Gasteiger partial charge in [-0.25, -0.2) is 0 Å². The van der Waals surface area contributed by atoms with E-state index in [4.69, 9.17) is 0 Å². The summed E-state index contributed by atoms with van der Waals surface area (Å²) in [5, 5.41) is 2.72. The monoisotopic (exact) mass is 345 g/mol. The Morgan fingerprint density at radius 3 is 2.63 bits per heavy atom. The van der Waals surface area contributed by atoms with Gasteiger partial charge in [-0.05, 0) is 35.0 Å². The summed E-state index contributed by atoms with van der Waals surface area (Å²) in [6.45, 7) is 6.96. The molecule has 1 N–H and O–H groups in total. The highest BCUT2D eigenvalue weighted by Crippen LogP contribution is 2.23. The van der Waals surface area contributed by atoms with Crippen molar-refractivity contribution in [3.63, 3.8) is 0 Å². The van der Waals surface area contributed by atoms with Gasteiger partial charge in [-0.2, -0.15) is 0 Å². The number of nitrogens with zero attached hydrogens (tertiary/aromatic N) is 2. The highest BCUT2D eigenvalue weighted by molar-refractivity contribution is 9.11. The summed E-state index contributed by atoms with van der Waals surface area (Å²) in [5.74, 6) is 0.107. The van der Waals surface area contributed by atoms with Crippen LogP contribution in [-0.2, 0) is 11.3 Å². The quantitative estimate of drug-likeness (QED) is 0.903. The first-order chi connectivity index (χ1) is 9.10. The maximum absolute atomic E-state index is 11.6. The maximum atomic E-state index is 11.6. The normalized spacial score (nSPS) is 19.3. The van der Waals surface area contributed by atoms with Crippen molar-refractivity contribution in [1.82, 2.24) is 15.1 Å². The number of likely N-dealkylation sites (N-methyl/N-ethyl adjacent to an activating group) is 1. The highest BCUT2D eigenvalue weighted by atomic mass is 79.9. The van der Waals surface area contributed by atoms with Gasteiger partial charge in [0.05, 0.1) is 9.83 Å². The number of amides is 1. The number of hydrogen-bond acceptors (Lipinski definition) is 4. The first-order valence-electron chi connectivity index (χ1n) is 6.52. The van der Waals surface area contributed by atoms with Crippen LogP contribution in [0.2, 0.25) is 0 Å². The molecule has 1 atom stereocenters. The number of carbonyl (C=O) groups excluding carboxylic acids is 1. The van der Waals surface area contributed by atoms with Crippen LogP contribution in [0.1, 0.15) is 11.8 Å². The van der Waals surface area contributed by atoms with Gasteiger partial charge in [0.25, 0.3) is 0 Å². The van der Waals surface area contributed by atoms with Crippen molar-refractivity contribution >= 4 is 33.2 Å². The van der Waals surface area contributed by atoms with E-state index >= 15 is 0 Å². The van der Waals surface area contributed by atoms with Crippen LogP contribution < -0.4 is 5.32 Å². The zero-order valence-corrected chi connectivity index (χ0v) is 13.8. The molecule has 2 rings (SSSR count). The van der Waals surface area contributed by atoms with Gasteiger partial charge in [0.15, 0.2) is 0 Å². The zero-order chi connectivity index (χ0) is 13.8. The van der Waals surface area contributed by atoms with E-state index in [9.17, 15) is 4.79 Å². The van der Waals surface area contributed by atoms with Crippen molar-refractivity contribution in [2.24, 2.45) is 0 Å². The van der Waals surface area contributed by atoms with Crippen molar-refractivity contribution in [2.75, 3.05) is 33.2 Å². The van der Waals surface area contributed by atoms with Gasteiger partial charge in [-0.3, -0.25) is 14.6 Å². The molecule has 0 aromatic carbocycles. The molecule has 0 unspecified atom stereocenters. The number of rotatable bonds is 4. The standard InChI is InChI=1S/C13H20BrN3OS/c1-10(13(18)15-2)17-7-5-16(6-8-17)9-11-3-4-12(14)19-11/h3-4,10H,5-9H2,1-2H3,(H,15,18)/t10-/m0/s1. The SMILES string of the molecule is CNC(=O)[C@H](C)N1CCN(Cc2ccc(Br)s2)CC1. The predicted molar refractivity (Wildman–Crippen MR) is 82.4 cm³/mol. The summed E-state index contributed by atoms with van der Waals surface area (Å²) in [6, 6.07) is 4.25. The second kappa shape index (κ2) is 6.83. The molecule has 19 heavy (non-hydrogen) atoms. The van der Waals surface area contributed by atoms with Crippen LogP contribution in [0, 0.1) is 0 Å². The summed E-state index contributed by atoms with van der Waals surface area (Å²) < 4.78 is 1.19. The molecule has 0 spiro atoms.